The Bertz CT molecular complexity index is 1020. The van der Waals surface area contributed by atoms with Gasteiger partial charge in [-0.2, -0.15) is 0 Å². The molecule has 0 aliphatic heterocycles. The van der Waals surface area contributed by atoms with Gasteiger partial charge in [0.25, 0.3) is 0 Å². The van der Waals surface area contributed by atoms with Crippen LogP contribution >= 0.6 is 11.8 Å². The highest BCUT2D eigenvalue weighted by Crippen LogP contribution is 2.30. The Labute approximate surface area is 199 Å². The van der Waals surface area contributed by atoms with Crippen LogP contribution in [0.15, 0.2) is 59.8 Å². The van der Waals surface area contributed by atoms with E-state index in [9.17, 15) is 4.79 Å². The summed E-state index contributed by atoms with van der Waals surface area (Å²) in [7, 11) is 1.66. The topological polar surface area (TPSA) is 78.3 Å². The van der Waals surface area contributed by atoms with Gasteiger partial charge in [0.2, 0.25) is 5.91 Å². The predicted molar refractivity (Wildman–Crippen MR) is 131 cm³/mol. The van der Waals surface area contributed by atoms with Crippen molar-refractivity contribution in [2.75, 3.05) is 20.3 Å². The molecule has 0 aliphatic rings. The third-order valence-electron chi connectivity index (χ3n) is 4.98. The number of para-hydroxylation sites is 1. The Morgan fingerprint density at radius 3 is 2.52 bits per heavy atom. The Kier molecular flexibility index (Phi) is 9.33. The van der Waals surface area contributed by atoms with E-state index >= 15 is 0 Å². The van der Waals surface area contributed by atoms with Gasteiger partial charge in [-0.1, -0.05) is 74.1 Å². The van der Waals surface area contributed by atoms with Crippen molar-refractivity contribution in [2.24, 2.45) is 5.92 Å². The van der Waals surface area contributed by atoms with Gasteiger partial charge in [0.15, 0.2) is 11.0 Å². The normalized spacial score (nSPS) is 12.0. The van der Waals surface area contributed by atoms with Crippen molar-refractivity contribution in [3.63, 3.8) is 0 Å². The molecule has 8 heteroatoms. The fourth-order valence-electron chi connectivity index (χ4n) is 3.17. The lowest BCUT2D eigenvalue weighted by molar-refractivity contribution is -0.120. The molecule has 0 radical (unpaired) electrons. The van der Waals surface area contributed by atoms with E-state index in [1.54, 1.807) is 7.11 Å². The minimum atomic E-state index is -0.290. The standard InChI is InChI=1S/C25H32N4O3S/c1-18(2)16-26-24(30)19(3)33-25-28-27-23(29(25)14-15-31-4)17-32-22-13-9-8-12-21(22)20-10-6-5-7-11-20/h5-13,18-19H,14-17H2,1-4H3,(H,26,30). The minimum absolute atomic E-state index is 0.00965. The number of rotatable bonds is 12. The highest BCUT2D eigenvalue weighted by molar-refractivity contribution is 8.00. The first kappa shape index (κ1) is 24.8. The fourth-order valence-corrected chi connectivity index (χ4v) is 4.09. The summed E-state index contributed by atoms with van der Waals surface area (Å²) in [6, 6.07) is 18.1. The van der Waals surface area contributed by atoms with Gasteiger partial charge in [0.05, 0.1) is 11.9 Å². The van der Waals surface area contributed by atoms with Crippen LogP contribution in [0.3, 0.4) is 0 Å². The second-order valence-electron chi connectivity index (χ2n) is 8.09. The average Bonchev–Trinajstić information content (AvgIpc) is 3.21. The number of ether oxygens (including phenoxy) is 2. The molecule has 3 rings (SSSR count). The zero-order valence-electron chi connectivity index (χ0n) is 19.7. The Balaban J connectivity index is 1.74. The van der Waals surface area contributed by atoms with Crippen molar-refractivity contribution in [3.8, 4) is 16.9 Å². The highest BCUT2D eigenvalue weighted by atomic mass is 32.2. The van der Waals surface area contributed by atoms with Crippen molar-refractivity contribution in [1.29, 1.82) is 0 Å². The molecule has 1 heterocycles. The van der Waals surface area contributed by atoms with Crippen LogP contribution in [0, 0.1) is 5.92 Å². The first-order chi connectivity index (χ1) is 16.0. The lowest BCUT2D eigenvalue weighted by Gasteiger charge is -2.15. The number of benzene rings is 2. The number of hydrogen-bond acceptors (Lipinski definition) is 6. The Hall–Kier alpha value is -2.84. The number of hydrogen-bond donors (Lipinski definition) is 1. The molecule has 0 fully saturated rings. The maximum absolute atomic E-state index is 12.4. The van der Waals surface area contributed by atoms with Gasteiger partial charge >= 0.3 is 0 Å². The monoisotopic (exact) mass is 468 g/mol. The smallest absolute Gasteiger partial charge is 0.233 e. The van der Waals surface area contributed by atoms with Crippen LogP contribution in [0.5, 0.6) is 5.75 Å². The average molecular weight is 469 g/mol. The summed E-state index contributed by atoms with van der Waals surface area (Å²) in [5.41, 5.74) is 2.11. The minimum Gasteiger partial charge on any atom is -0.485 e. The Morgan fingerprint density at radius 1 is 1.06 bits per heavy atom. The summed E-state index contributed by atoms with van der Waals surface area (Å²) >= 11 is 1.39. The first-order valence-corrected chi connectivity index (χ1v) is 12.0. The summed E-state index contributed by atoms with van der Waals surface area (Å²) in [5, 5.41) is 12.1. The first-order valence-electron chi connectivity index (χ1n) is 11.1. The molecule has 7 nitrogen and oxygen atoms in total. The number of carbonyl (C=O) groups excluding carboxylic acids is 1. The zero-order chi connectivity index (χ0) is 23.6. The molecular weight excluding hydrogens is 436 g/mol. The maximum Gasteiger partial charge on any atom is 0.233 e. The third-order valence-corrected chi connectivity index (χ3v) is 6.06. The molecule has 0 bridgehead atoms. The summed E-state index contributed by atoms with van der Waals surface area (Å²) in [4.78, 5) is 12.4. The molecule has 1 N–H and O–H groups in total. The second-order valence-corrected chi connectivity index (χ2v) is 9.40. The summed E-state index contributed by atoms with van der Waals surface area (Å²) < 4.78 is 13.4. The molecule has 1 unspecified atom stereocenters. The van der Waals surface area contributed by atoms with E-state index in [2.05, 4.69) is 41.5 Å². The van der Waals surface area contributed by atoms with Gasteiger partial charge in [-0.3, -0.25) is 4.79 Å². The molecular formula is C25H32N4O3S. The van der Waals surface area contributed by atoms with Gasteiger partial charge in [0, 0.05) is 25.8 Å². The van der Waals surface area contributed by atoms with E-state index in [4.69, 9.17) is 9.47 Å². The van der Waals surface area contributed by atoms with Crippen LogP contribution in [0.25, 0.3) is 11.1 Å². The van der Waals surface area contributed by atoms with Gasteiger partial charge in [-0.05, 0) is 24.5 Å². The second kappa shape index (κ2) is 12.4. The number of methoxy groups -OCH3 is 1. The molecule has 0 saturated heterocycles. The Morgan fingerprint density at radius 2 is 1.79 bits per heavy atom. The molecule has 1 atom stereocenters. The van der Waals surface area contributed by atoms with E-state index in [0.29, 0.717) is 36.6 Å². The fraction of sp³-hybridized carbons (Fsp3) is 0.400. The van der Waals surface area contributed by atoms with Crippen LogP contribution < -0.4 is 10.1 Å². The van der Waals surface area contributed by atoms with E-state index in [1.165, 1.54) is 11.8 Å². The van der Waals surface area contributed by atoms with E-state index in [1.807, 2.05) is 54.0 Å². The molecule has 1 amide bonds. The molecule has 0 spiro atoms. The lowest BCUT2D eigenvalue weighted by Crippen LogP contribution is -2.33. The van der Waals surface area contributed by atoms with Crippen molar-refractivity contribution in [1.82, 2.24) is 20.1 Å². The van der Waals surface area contributed by atoms with E-state index in [-0.39, 0.29) is 17.8 Å². The van der Waals surface area contributed by atoms with Crippen LogP contribution in [0.1, 0.15) is 26.6 Å². The van der Waals surface area contributed by atoms with E-state index in [0.717, 1.165) is 16.9 Å². The number of carbonyl (C=O) groups is 1. The van der Waals surface area contributed by atoms with Crippen molar-refractivity contribution >= 4 is 17.7 Å². The van der Waals surface area contributed by atoms with Crippen molar-refractivity contribution in [2.45, 2.75) is 44.3 Å². The maximum atomic E-state index is 12.4. The number of amides is 1. The molecule has 2 aromatic carbocycles. The van der Waals surface area contributed by atoms with Gasteiger partial charge in [-0.15, -0.1) is 10.2 Å². The molecule has 176 valence electrons. The number of thioether (sulfide) groups is 1. The largest absolute Gasteiger partial charge is 0.485 e. The molecule has 33 heavy (non-hydrogen) atoms. The van der Waals surface area contributed by atoms with Gasteiger partial charge < -0.3 is 19.4 Å². The van der Waals surface area contributed by atoms with Gasteiger partial charge in [0.1, 0.15) is 12.4 Å². The summed E-state index contributed by atoms with van der Waals surface area (Å²) in [6.07, 6.45) is 0. The lowest BCUT2D eigenvalue weighted by atomic mass is 10.1. The number of nitrogens with zero attached hydrogens (tertiary/aromatic N) is 3. The van der Waals surface area contributed by atoms with Crippen LogP contribution in [0.4, 0.5) is 0 Å². The number of nitrogens with one attached hydrogen (secondary N) is 1. The summed E-state index contributed by atoms with van der Waals surface area (Å²) in [6.45, 7) is 8.01. The highest BCUT2D eigenvalue weighted by Gasteiger charge is 2.20. The molecule has 1 aromatic heterocycles. The van der Waals surface area contributed by atoms with Crippen LogP contribution in [0.2, 0.25) is 0 Å². The van der Waals surface area contributed by atoms with Crippen LogP contribution in [-0.4, -0.2) is 46.2 Å². The summed E-state index contributed by atoms with van der Waals surface area (Å²) in [5.74, 6) is 1.86. The van der Waals surface area contributed by atoms with Gasteiger partial charge in [-0.25, -0.2) is 0 Å². The number of aromatic nitrogens is 3. The van der Waals surface area contributed by atoms with Crippen LogP contribution in [-0.2, 0) is 22.7 Å². The molecule has 3 aromatic rings. The predicted octanol–water partition coefficient (Wildman–Crippen LogP) is 4.42. The van der Waals surface area contributed by atoms with Crippen molar-refractivity contribution < 1.29 is 14.3 Å². The SMILES string of the molecule is COCCn1c(COc2ccccc2-c2ccccc2)nnc1SC(C)C(=O)NCC(C)C. The van der Waals surface area contributed by atoms with E-state index < -0.39 is 0 Å². The molecule has 0 saturated carbocycles. The molecule has 0 aliphatic carbocycles. The zero-order valence-corrected chi connectivity index (χ0v) is 20.5. The third kappa shape index (κ3) is 7.07. The quantitative estimate of drug-likeness (QED) is 0.397. The van der Waals surface area contributed by atoms with Crippen molar-refractivity contribution in [3.05, 3.63) is 60.4 Å².